The second-order valence-electron chi connectivity index (χ2n) is 6.75. The Morgan fingerprint density at radius 1 is 0.419 bits per heavy atom. The van der Waals surface area contributed by atoms with Gasteiger partial charge in [0.1, 0.15) is 23.0 Å². The van der Waals surface area contributed by atoms with Crippen molar-refractivity contribution in [3.05, 3.63) is 72.8 Å². The third kappa shape index (κ3) is 3.49. The van der Waals surface area contributed by atoms with Gasteiger partial charge < -0.3 is 35.4 Å². The van der Waals surface area contributed by atoms with Crippen LogP contribution in [-0.2, 0) is 0 Å². The van der Waals surface area contributed by atoms with Gasteiger partial charge in [-0.15, -0.1) is 0 Å². The van der Waals surface area contributed by atoms with Crippen LogP contribution in [0.4, 0.5) is 0 Å². The first-order chi connectivity index (χ1) is 14.9. The Morgan fingerprint density at radius 3 is 1.19 bits per heavy atom. The third-order valence-corrected chi connectivity index (χ3v) is 4.80. The van der Waals surface area contributed by atoms with Crippen LogP contribution in [0.15, 0.2) is 72.8 Å². The highest BCUT2D eigenvalue weighted by Crippen LogP contribution is 2.51. The van der Waals surface area contributed by atoms with Gasteiger partial charge in [0.15, 0.2) is 23.0 Å². The highest BCUT2D eigenvalue weighted by molar-refractivity contribution is 5.86. The zero-order chi connectivity index (χ0) is 22.1. The lowest BCUT2D eigenvalue weighted by Gasteiger charge is -2.18. The van der Waals surface area contributed by atoms with Crippen LogP contribution in [-0.4, -0.2) is 30.6 Å². The minimum Gasteiger partial charge on any atom is -0.507 e. The first kappa shape index (κ1) is 19.8. The summed E-state index contributed by atoms with van der Waals surface area (Å²) in [6.45, 7) is 0. The number of hydrogen-bond donors (Lipinski definition) is 6. The quantitative estimate of drug-likeness (QED) is 0.256. The summed E-state index contributed by atoms with van der Waals surface area (Å²) in [7, 11) is 0. The average molecular weight is 418 g/mol. The number of aromatic hydroxyl groups is 6. The van der Waals surface area contributed by atoms with Crippen molar-refractivity contribution in [3.63, 3.8) is 0 Å². The molecule has 7 heteroatoms. The Morgan fingerprint density at radius 2 is 0.806 bits per heavy atom. The highest BCUT2D eigenvalue weighted by Gasteiger charge is 2.23. The van der Waals surface area contributed by atoms with Crippen molar-refractivity contribution >= 4 is 0 Å². The van der Waals surface area contributed by atoms with Crippen LogP contribution >= 0.6 is 0 Å². The van der Waals surface area contributed by atoms with E-state index >= 15 is 0 Å². The number of hydrogen-bond acceptors (Lipinski definition) is 7. The predicted octanol–water partition coefficient (Wildman–Crippen LogP) is 5.05. The number of benzene rings is 4. The second-order valence-corrected chi connectivity index (χ2v) is 6.75. The Labute approximate surface area is 176 Å². The van der Waals surface area contributed by atoms with Crippen molar-refractivity contribution in [2.24, 2.45) is 0 Å². The Bertz CT molecular complexity index is 1180. The Hall–Kier alpha value is -4.52. The smallest absolute Gasteiger partial charge is 0.169 e. The minimum absolute atomic E-state index is 0.0221. The fourth-order valence-electron chi connectivity index (χ4n) is 3.30. The molecular weight excluding hydrogens is 400 g/mol. The molecule has 0 atom stereocenters. The van der Waals surface area contributed by atoms with E-state index in [0.29, 0.717) is 0 Å². The van der Waals surface area contributed by atoms with Gasteiger partial charge in [-0.3, -0.25) is 0 Å². The monoisotopic (exact) mass is 418 g/mol. The molecule has 0 unspecified atom stereocenters. The van der Waals surface area contributed by atoms with Gasteiger partial charge in [-0.05, 0) is 36.4 Å². The fraction of sp³-hybridized carbons (Fsp3) is 0. The second kappa shape index (κ2) is 7.72. The molecule has 0 spiro atoms. The molecule has 4 aromatic rings. The summed E-state index contributed by atoms with van der Waals surface area (Å²) in [5.41, 5.74) is 0.457. The number of phenols is 6. The summed E-state index contributed by atoms with van der Waals surface area (Å²) < 4.78 is 5.97. The highest BCUT2D eigenvalue weighted by atomic mass is 16.5. The van der Waals surface area contributed by atoms with E-state index in [1.165, 1.54) is 48.5 Å². The number of ether oxygens (including phenoxy) is 1. The molecule has 4 rings (SSSR count). The van der Waals surface area contributed by atoms with Crippen LogP contribution in [0.2, 0.25) is 0 Å². The maximum Gasteiger partial charge on any atom is 0.169 e. The first-order valence-corrected chi connectivity index (χ1v) is 9.23. The van der Waals surface area contributed by atoms with Gasteiger partial charge in [0.25, 0.3) is 0 Å². The summed E-state index contributed by atoms with van der Waals surface area (Å²) in [5, 5.41) is 61.5. The number of para-hydroxylation sites is 2. The van der Waals surface area contributed by atoms with E-state index in [2.05, 4.69) is 0 Å². The van der Waals surface area contributed by atoms with Crippen LogP contribution in [0.25, 0.3) is 22.3 Å². The summed E-state index contributed by atoms with van der Waals surface area (Å²) in [4.78, 5) is 0. The number of rotatable bonds is 4. The molecule has 0 radical (unpaired) electrons. The normalized spacial score (nSPS) is 10.7. The van der Waals surface area contributed by atoms with Crippen LogP contribution in [0.1, 0.15) is 0 Å². The molecule has 31 heavy (non-hydrogen) atoms. The molecule has 0 aliphatic rings. The topological polar surface area (TPSA) is 131 Å². The number of phenolic OH excluding ortho intramolecular Hbond substituents is 6. The van der Waals surface area contributed by atoms with E-state index in [0.717, 1.165) is 0 Å². The van der Waals surface area contributed by atoms with Gasteiger partial charge in [0.05, 0.1) is 11.1 Å². The Balaban J connectivity index is 1.93. The van der Waals surface area contributed by atoms with Crippen LogP contribution in [0, 0.1) is 0 Å². The van der Waals surface area contributed by atoms with Crippen LogP contribution in [0.5, 0.6) is 46.0 Å². The molecule has 0 amide bonds. The van der Waals surface area contributed by atoms with Crippen molar-refractivity contribution in [1.29, 1.82) is 0 Å². The van der Waals surface area contributed by atoms with Gasteiger partial charge in [-0.2, -0.15) is 0 Å². The maximum absolute atomic E-state index is 10.5. The van der Waals surface area contributed by atoms with Crippen LogP contribution < -0.4 is 4.74 Å². The van der Waals surface area contributed by atoms with Crippen molar-refractivity contribution in [2.75, 3.05) is 0 Å². The molecule has 0 bridgehead atoms. The summed E-state index contributed by atoms with van der Waals surface area (Å²) in [6, 6.07) is 17.6. The molecular formula is C24H18O7. The maximum atomic E-state index is 10.5. The molecule has 0 aromatic heterocycles. The third-order valence-electron chi connectivity index (χ3n) is 4.80. The molecule has 0 saturated heterocycles. The molecule has 4 aromatic carbocycles. The van der Waals surface area contributed by atoms with Gasteiger partial charge in [0, 0.05) is 11.1 Å². The molecule has 0 fully saturated rings. The molecule has 6 N–H and O–H groups in total. The van der Waals surface area contributed by atoms with E-state index < -0.39 is 23.0 Å². The van der Waals surface area contributed by atoms with E-state index in [-0.39, 0.29) is 45.3 Å². The van der Waals surface area contributed by atoms with Gasteiger partial charge in [-0.25, -0.2) is 0 Å². The molecule has 0 heterocycles. The summed E-state index contributed by atoms with van der Waals surface area (Å²) in [6.07, 6.45) is 0. The van der Waals surface area contributed by atoms with Crippen molar-refractivity contribution in [1.82, 2.24) is 0 Å². The standard InChI is InChI=1S/C24H18O7/c25-15-7-3-1-5-13(15)21-19(11-9-17(27)23(21)29)31-20-12-10-18(28)24(30)22(20)14-6-2-4-8-16(14)26/h1-12,25-30H. The molecule has 0 aliphatic heterocycles. The van der Waals surface area contributed by atoms with Gasteiger partial charge in [0.2, 0.25) is 0 Å². The van der Waals surface area contributed by atoms with Gasteiger partial charge >= 0.3 is 0 Å². The molecule has 156 valence electrons. The van der Waals surface area contributed by atoms with Crippen molar-refractivity contribution in [3.8, 4) is 68.2 Å². The lowest BCUT2D eigenvalue weighted by atomic mass is 10.0. The first-order valence-electron chi connectivity index (χ1n) is 9.23. The van der Waals surface area contributed by atoms with E-state index in [1.807, 2.05) is 0 Å². The summed E-state index contributed by atoms with van der Waals surface area (Å²) >= 11 is 0. The Kier molecular flexibility index (Phi) is 4.92. The molecule has 0 saturated carbocycles. The van der Waals surface area contributed by atoms with Crippen molar-refractivity contribution < 1.29 is 35.4 Å². The van der Waals surface area contributed by atoms with Crippen molar-refractivity contribution in [2.45, 2.75) is 0 Å². The van der Waals surface area contributed by atoms with E-state index in [9.17, 15) is 30.6 Å². The van der Waals surface area contributed by atoms with E-state index in [4.69, 9.17) is 4.74 Å². The lowest BCUT2D eigenvalue weighted by Crippen LogP contribution is -1.93. The largest absolute Gasteiger partial charge is 0.507 e. The molecule has 7 nitrogen and oxygen atoms in total. The fourth-order valence-corrected chi connectivity index (χ4v) is 3.30. The molecule has 0 aliphatic carbocycles. The van der Waals surface area contributed by atoms with Crippen LogP contribution in [0.3, 0.4) is 0 Å². The predicted molar refractivity (Wildman–Crippen MR) is 114 cm³/mol. The zero-order valence-corrected chi connectivity index (χ0v) is 16.0. The summed E-state index contributed by atoms with van der Waals surface area (Å²) in [5.74, 6) is -2.04. The van der Waals surface area contributed by atoms with E-state index in [1.54, 1.807) is 24.3 Å². The zero-order valence-electron chi connectivity index (χ0n) is 16.0. The lowest BCUT2D eigenvalue weighted by molar-refractivity contribution is 0.394. The minimum atomic E-state index is -0.508. The average Bonchev–Trinajstić information content (AvgIpc) is 2.75. The van der Waals surface area contributed by atoms with Gasteiger partial charge in [-0.1, -0.05) is 36.4 Å². The SMILES string of the molecule is Oc1ccccc1-c1c(Oc2ccc(O)c(O)c2-c2ccccc2O)ccc(O)c1O.